The number of hydrogen-bond acceptors (Lipinski definition) is 3. The number of benzene rings is 1. The summed E-state index contributed by atoms with van der Waals surface area (Å²) in [7, 11) is 0. The van der Waals surface area contributed by atoms with Gasteiger partial charge in [-0.1, -0.05) is 25.8 Å². The molecule has 3 rings (SSSR count). The summed E-state index contributed by atoms with van der Waals surface area (Å²) in [5.41, 5.74) is 0.513. The van der Waals surface area contributed by atoms with Crippen LogP contribution in [0.25, 0.3) is 0 Å². The lowest BCUT2D eigenvalue weighted by atomic mass is 9.94. The van der Waals surface area contributed by atoms with E-state index >= 15 is 0 Å². The maximum atomic E-state index is 14.2. The Morgan fingerprint density at radius 3 is 2.32 bits per heavy atom. The molecule has 1 saturated heterocycles. The maximum Gasteiger partial charge on any atom is 0.255 e. The molecule has 0 aliphatic carbocycles. The molecule has 1 aromatic carbocycles. The van der Waals surface area contributed by atoms with Crippen molar-refractivity contribution in [2.45, 2.75) is 45.4 Å². The van der Waals surface area contributed by atoms with Gasteiger partial charge in [0.1, 0.15) is 11.6 Å². The molecule has 1 aliphatic heterocycles. The van der Waals surface area contributed by atoms with Gasteiger partial charge in [-0.05, 0) is 31.9 Å². The highest BCUT2D eigenvalue weighted by Gasteiger charge is 2.23. The molecular formula is C19H23F2N3O. The number of nitrogens with one attached hydrogen (secondary N) is 1. The van der Waals surface area contributed by atoms with E-state index in [1.807, 2.05) is 0 Å². The van der Waals surface area contributed by atoms with Crippen molar-refractivity contribution in [3.05, 3.63) is 57.0 Å². The van der Waals surface area contributed by atoms with Crippen molar-refractivity contribution in [3.63, 3.8) is 0 Å². The molecule has 1 fully saturated rings. The van der Waals surface area contributed by atoms with Crippen molar-refractivity contribution < 1.29 is 8.78 Å². The minimum atomic E-state index is -0.644. The lowest BCUT2D eigenvalue weighted by molar-refractivity contribution is 0.544. The zero-order chi connectivity index (χ0) is 18.0. The summed E-state index contributed by atoms with van der Waals surface area (Å²) in [5, 5.41) is 0. The van der Waals surface area contributed by atoms with Crippen LogP contribution in [0.2, 0.25) is 0 Å². The monoisotopic (exact) mass is 347 g/mol. The van der Waals surface area contributed by atoms with Crippen molar-refractivity contribution in [3.8, 4) is 0 Å². The van der Waals surface area contributed by atoms with Crippen LogP contribution in [0, 0.1) is 18.6 Å². The Labute approximate surface area is 145 Å². The number of nitrogens with zero attached hydrogens (tertiary/aromatic N) is 2. The Morgan fingerprint density at radius 1 is 1.12 bits per heavy atom. The van der Waals surface area contributed by atoms with Crippen molar-refractivity contribution >= 4 is 5.95 Å². The van der Waals surface area contributed by atoms with E-state index in [0.717, 1.165) is 38.8 Å². The van der Waals surface area contributed by atoms with Crippen LogP contribution < -0.4 is 10.5 Å². The smallest absolute Gasteiger partial charge is 0.255 e. The van der Waals surface area contributed by atoms with Crippen LogP contribution in [0.5, 0.6) is 0 Å². The Bertz CT molecular complexity index is 791. The molecule has 4 nitrogen and oxygen atoms in total. The lowest BCUT2D eigenvalue weighted by Crippen LogP contribution is -2.30. The molecule has 1 aliphatic rings. The van der Waals surface area contributed by atoms with E-state index < -0.39 is 17.6 Å². The molecule has 0 saturated carbocycles. The highest BCUT2D eigenvalue weighted by Crippen LogP contribution is 2.29. The first-order chi connectivity index (χ1) is 12.0. The normalized spacial score (nSPS) is 16.6. The summed E-state index contributed by atoms with van der Waals surface area (Å²) in [6.45, 7) is 4.98. The van der Waals surface area contributed by atoms with E-state index in [1.165, 1.54) is 18.2 Å². The second-order valence-electron chi connectivity index (χ2n) is 6.66. The van der Waals surface area contributed by atoms with Gasteiger partial charge in [0.05, 0.1) is 5.69 Å². The summed E-state index contributed by atoms with van der Waals surface area (Å²) >= 11 is 0. The number of H-pyrrole nitrogens is 1. The molecule has 0 bridgehead atoms. The van der Waals surface area contributed by atoms with Crippen LogP contribution in [-0.4, -0.2) is 23.1 Å². The maximum absolute atomic E-state index is 14.2. The van der Waals surface area contributed by atoms with Gasteiger partial charge in [-0.2, -0.15) is 0 Å². The molecule has 0 radical (unpaired) electrons. The van der Waals surface area contributed by atoms with Crippen LogP contribution in [0.1, 0.15) is 55.3 Å². The summed E-state index contributed by atoms with van der Waals surface area (Å²) in [6.07, 6.45) is 4.42. The minimum absolute atomic E-state index is 0.0504. The zero-order valence-corrected chi connectivity index (χ0v) is 14.6. The molecule has 1 unspecified atom stereocenters. The molecule has 1 aromatic heterocycles. The average Bonchev–Trinajstić information content (AvgIpc) is 2.86. The first-order valence-electron chi connectivity index (χ1n) is 8.78. The van der Waals surface area contributed by atoms with Gasteiger partial charge in [-0.25, -0.2) is 13.8 Å². The molecule has 2 aromatic rings. The molecule has 1 N–H and O–H groups in total. The summed E-state index contributed by atoms with van der Waals surface area (Å²) in [5.74, 6) is -1.39. The van der Waals surface area contributed by atoms with Crippen LogP contribution in [0.4, 0.5) is 14.7 Å². The van der Waals surface area contributed by atoms with E-state index in [0.29, 0.717) is 17.2 Å². The second-order valence-corrected chi connectivity index (χ2v) is 6.66. The summed E-state index contributed by atoms with van der Waals surface area (Å²) in [4.78, 5) is 21.9. The molecule has 1 atom stereocenters. The number of anilines is 1. The molecule has 6 heteroatoms. The van der Waals surface area contributed by atoms with Crippen molar-refractivity contribution in [2.75, 3.05) is 18.0 Å². The fourth-order valence-electron chi connectivity index (χ4n) is 3.45. The summed E-state index contributed by atoms with van der Waals surface area (Å²) in [6, 6.07) is 3.79. The fourth-order valence-corrected chi connectivity index (χ4v) is 3.45. The molecule has 0 spiro atoms. The van der Waals surface area contributed by atoms with Crippen molar-refractivity contribution in [1.29, 1.82) is 0 Å². The number of hydrogen-bond donors (Lipinski definition) is 1. The van der Waals surface area contributed by atoms with E-state index in [4.69, 9.17) is 0 Å². The molecule has 25 heavy (non-hydrogen) atoms. The number of rotatable bonds is 3. The van der Waals surface area contributed by atoms with Gasteiger partial charge in [-0.3, -0.25) is 9.78 Å². The highest BCUT2D eigenvalue weighted by molar-refractivity contribution is 5.38. The van der Waals surface area contributed by atoms with Crippen molar-refractivity contribution in [1.82, 2.24) is 9.97 Å². The topological polar surface area (TPSA) is 49.0 Å². The van der Waals surface area contributed by atoms with Crippen LogP contribution in [-0.2, 0) is 0 Å². The predicted molar refractivity (Wildman–Crippen MR) is 94.2 cm³/mol. The number of halogens is 2. The van der Waals surface area contributed by atoms with Gasteiger partial charge >= 0.3 is 0 Å². The van der Waals surface area contributed by atoms with E-state index in [-0.39, 0.29) is 11.1 Å². The molecule has 0 amide bonds. The Kier molecular flexibility index (Phi) is 5.16. The molecule has 2 heterocycles. The first kappa shape index (κ1) is 17.6. The highest BCUT2D eigenvalue weighted by atomic mass is 19.1. The zero-order valence-electron chi connectivity index (χ0n) is 14.6. The largest absolute Gasteiger partial charge is 0.342 e. The van der Waals surface area contributed by atoms with Gasteiger partial charge in [0.25, 0.3) is 5.56 Å². The third-order valence-corrected chi connectivity index (χ3v) is 4.92. The number of aromatic amines is 1. The Balaban J connectivity index is 2.05. The van der Waals surface area contributed by atoms with Gasteiger partial charge in [0.2, 0.25) is 5.95 Å². The van der Waals surface area contributed by atoms with Crippen LogP contribution in [0.3, 0.4) is 0 Å². The van der Waals surface area contributed by atoms with Gasteiger partial charge in [0.15, 0.2) is 0 Å². The minimum Gasteiger partial charge on any atom is -0.342 e. The second kappa shape index (κ2) is 7.33. The average molecular weight is 347 g/mol. The van der Waals surface area contributed by atoms with Gasteiger partial charge < -0.3 is 4.90 Å². The standard InChI is InChI=1S/C19H23F2N3O/c1-12(16-14(20)8-7-9-15(16)21)17-13(2)18(25)23-19(22-17)24-10-5-3-4-6-11-24/h7-9,12H,3-6,10-11H2,1-2H3,(H,22,23,25). The Hall–Kier alpha value is -2.24. The lowest BCUT2D eigenvalue weighted by Gasteiger charge is -2.23. The van der Waals surface area contributed by atoms with Gasteiger partial charge in [-0.15, -0.1) is 0 Å². The number of aromatic nitrogens is 2. The predicted octanol–water partition coefficient (Wildman–Crippen LogP) is 3.89. The third kappa shape index (κ3) is 3.57. The first-order valence-corrected chi connectivity index (χ1v) is 8.78. The van der Waals surface area contributed by atoms with Crippen LogP contribution >= 0.6 is 0 Å². The van der Waals surface area contributed by atoms with E-state index in [9.17, 15) is 13.6 Å². The summed E-state index contributed by atoms with van der Waals surface area (Å²) < 4.78 is 28.3. The van der Waals surface area contributed by atoms with Crippen molar-refractivity contribution in [2.24, 2.45) is 0 Å². The van der Waals surface area contributed by atoms with E-state index in [1.54, 1.807) is 13.8 Å². The van der Waals surface area contributed by atoms with Gasteiger partial charge in [0, 0.05) is 30.1 Å². The molecule has 134 valence electrons. The molecular weight excluding hydrogens is 324 g/mol. The fraction of sp³-hybridized carbons (Fsp3) is 0.474. The Morgan fingerprint density at radius 2 is 1.72 bits per heavy atom. The SMILES string of the molecule is Cc1c(C(C)c2c(F)cccc2F)nc(N2CCCCCC2)[nH]c1=O. The van der Waals surface area contributed by atoms with Crippen LogP contribution in [0.15, 0.2) is 23.0 Å². The quantitative estimate of drug-likeness (QED) is 0.916. The third-order valence-electron chi connectivity index (χ3n) is 4.92. The van der Waals surface area contributed by atoms with E-state index in [2.05, 4.69) is 14.9 Å².